The zero-order valence-electron chi connectivity index (χ0n) is 15.8. The van der Waals surface area contributed by atoms with Crippen molar-refractivity contribution in [2.75, 3.05) is 19.6 Å². The van der Waals surface area contributed by atoms with E-state index in [0.717, 1.165) is 11.8 Å². The zero-order chi connectivity index (χ0) is 15.9. The first-order valence-electron chi connectivity index (χ1n) is 9.95. The molecule has 128 valence electrons. The molecule has 1 saturated heterocycles. The van der Waals surface area contributed by atoms with Crippen LogP contribution in [0.2, 0.25) is 0 Å². The van der Waals surface area contributed by atoms with Gasteiger partial charge in [-0.05, 0) is 44.2 Å². The Balaban J connectivity index is 0.000000885. The van der Waals surface area contributed by atoms with Crippen LogP contribution in [-0.4, -0.2) is 24.5 Å². The standard InChI is InChI=1S/C16H33N.C4H10/c1-4-7-12-17-13-8-11-16(14-17)15(9-5-2)10-6-3;1-3-4-2/h15-16H,4-14H2,1-3H3;3-4H2,1-2H3. The van der Waals surface area contributed by atoms with E-state index < -0.39 is 0 Å². The molecule has 1 nitrogen and oxygen atoms in total. The number of hydrogen-bond acceptors (Lipinski definition) is 1. The summed E-state index contributed by atoms with van der Waals surface area (Å²) >= 11 is 0. The van der Waals surface area contributed by atoms with Gasteiger partial charge in [-0.1, -0.05) is 79.6 Å². The van der Waals surface area contributed by atoms with Crippen LogP contribution < -0.4 is 0 Å². The summed E-state index contributed by atoms with van der Waals surface area (Å²) in [6, 6.07) is 0. The number of piperidine rings is 1. The average Bonchev–Trinajstić information content (AvgIpc) is 2.53. The van der Waals surface area contributed by atoms with Crippen molar-refractivity contribution in [2.24, 2.45) is 11.8 Å². The zero-order valence-corrected chi connectivity index (χ0v) is 15.8. The molecule has 0 radical (unpaired) electrons. The molecule has 1 heteroatoms. The van der Waals surface area contributed by atoms with E-state index in [9.17, 15) is 0 Å². The van der Waals surface area contributed by atoms with E-state index in [0.29, 0.717) is 0 Å². The van der Waals surface area contributed by atoms with Gasteiger partial charge in [0.1, 0.15) is 0 Å². The summed E-state index contributed by atoms with van der Waals surface area (Å²) in [5, 5.41) is 0. The lowest BCUT2D eigenvalue weighted by molar-refractivity contribution is 0.123. The first-order chi connectivity index (χ1) is 10.2. The van der Waals surface area contributed by atoms with E-state index in [1.807, 2.05) is 0 Å². The summed E-state index contributed by atoms with van der Waals surface area (Å²) in [4.78, 5) is 2.73. The van der Waals surface area contributed by atoms with Crippen molar-refractivity contribution in [1.29, 1.82) is 0 Å². The highest BCUT2D eigenvalue weighted by atomic mass is 15.1. The SMILES string of the molecule is CCCC.CCCCN1CCCC(C(CCC)CCC)C1. The average molecular weight is 298 g/mol. The molecule has 1 aliphatic rings. The Hall–Kier alpha value is -0.0400. The van der Waals surface area contributed by atoms with Crippen molar-refractivity contribution in [3.8, 4) is 0 Å². The molecule has 0 saturated carbocycles. The minimum Gasteiger partial charge on any atom is -0.303 e. The fourth-order valence-electron chi connectivity index (χ4n) is 3.42. The summed E-state index contributed by atoms with van der Waals surface area (Å²) < 4.78 is 0. The first kappa shape index (κ1) is 21.0. The van der Waals surface area contributed by atoms with Gasteiger partial charge in [-0.3, -0.25) is 0 Å². The maximum atomic E-state index is 2.73. The third-order valence-corrected chi connectivity index (χ3v) is 4.86. The lowest BCUT2D eigenvalue weighted by Crippen LogP contribution is -2.38. The molecule has 0 aromatic rings. The summed E-state index contributed by atoms with van der Waals surface area (Å²) in [6.45, 7) is 15.5. The molecule has 1 aliphatic heterocycles. The van der Waals surface area contributed by atoms with Crippen molar-refractivity contribution < 1.29 is 0 Å². The highest BCUT2D eigenvalue weighted by Crippen LogP contribution is 2.30. The summed E-state index contributed by atoms with van der Waals surface area (Å²) in [7, 11) is 0. The molecule has 1 fully saturated rings. The molecule has 1 rings (SSSR count). The van der Waals surface area contributed by atoms with Gasteiger partial charge in [0.05, 0.1) is 0 Å². The Kier molecular flexibility index (Phi) is 14.9. The van der Waals surface area contributed by atoms with Gasteiger partial charge in [0.2, 0.25) is 0 Å². The maximum Gasteiger partial charge on any atom is 0.00123 e. The monoisotopic (exact) mass is 297 g/mol. The van der Waals surface area contributed by atoms with Crippen molar-refractivity contribution in [1.82, 2.24) is 4.90 Å². The van der Waals surface area contributed by atoms with Crippen molar-refractivity contribution in [3.05, 3.63) is 0 Å². The smallest absolute Gasteiger partial charge is 0.00123 e. The molecule has 0 N–H and O–H groups in total. The van der Waals surface area contributed by atoms with E-state index in [1.165, 1.54) is 83.8 Å². The second kappa shape index (κ2) is 14.9. The highest BCUT2D eigenvalue weighted by molar-refractivity contribution is 4.78. The predicted octanol–water partition coefficient (Wildman–Crippen LogP) is 6.52. The minimum absolute atomic E-state index is 1.00. The normalized spacial score (nSPS) is 19.4. The Morgan fingerprint density at radius 3 is 1.95 bits per heavy atom. The lowest BCUT2D eigenvalue weighted by Gasteiger charge is -2.37. The number of unbranched alkanes of at least 4 members (excludes halogenated alkanes) is 2. The van der Waals surface area contributed by atoms with E-state index in [-0.39, 0.29) is 0 Å². The van der Waals surface area contributed by atoms with Crippen LogP contribution in [0.4, 0.5) is 0 Å². The van der Waals surface area contributed by atoms with E-state index in [2.05, 4.69) is 39.5 Å². The number of nitrogens with zero attached hydrogens (tertiary/aromatic N) is 1. The van der Waals surface area contributed by atoms with Crippen LogP contribution in [0.1, 0.15) is 98.8 Å². The van der Waals surface area contributed by atoms with E-state index in [1.54, 1.807) is 0 Å². The molecule has 0 aliphatic carbocycles. The largest absolute Gasteiger partial charge is 0.303 e. The summed E-state index contributed by atoms with van der Waals surface area (Å²) in [5.74, 6) is 2.01. The van der Waals surface area contributed by atoms with E-state index >= 15 is 0 Å². The quantitative estimate of drug-likeness (QED) is 0.468. The Labute approximate surface area is 135 Å². The van der Waals surface area contributed by atoms with Crippen molar-refractivity contribution in [3.63, 3.8) is 0 Å². The lowest BCUT2D eigenvalue weighted by atomic mass is 9.80. The van der Waals surface area contributed by atoms with Gasteiger partial charge < -0.3 is 4.90 Å². The van der Waals surface area contributed by atoms with Crippen LogP contribution in [0.5, 0.6) is 0 Å². The summed E-state index contributed by atoms with van der Waals surface area (Å²) in [5.41, 5.74) is 0. The molecule has 0 aromatic carbocycles. The summed E-state index contributed by atoms with van der Waals surface area (Å²) in [6.07, 6.45) is 14.0. The fraction of sp³-hybridized carbons (Fsp3) is 1.00. The molecule has 1 unspecified atom stereocenters. The molecule has 0 spiro atoms. The van der Waals surface area contributed by atoms with Crippen LogP contribution in [0, 0.1) is 11.8 Å². The Morgan fingerprint density at radius 1 is 0.857 bits per heavy atom. The van der Waals surface area contributed by atoms with Gasteiger partial charge in [0, 0.05) is 6.54 Å². The van der Waals surface area contributed by atoms with Crippen LogP contribution in [0.15, 0.2) is 0 Å². The van der Waals surface area contributed by atoms with Crippen LogP contribution >= 0.6 is 0 Å². The number of likely N-dealkylation sites (tertiary alicyclic amines) is 1. The van der Waals surface area contributed by atoms with Crippen molar-refractivity contribution in [2.45, 2.75) is 98.8 Å². The van der Waals surface area contributed by atoms with Gasteiger partial charge in [-0.15, -0.1) is 0 Å². The third kappa shape index (κ3) is 10.3. The van der Waals surface area contributed by atoms with Crippen LogP contribution in [0.25, 0.3) is 0 Å². The number of rotatable bonds is 9. The molecule has 1 atom stereocenters. The minimum atomic E-state index is 1.00. The molecule has 21 heavy (non-hydrogen) atoms. The molecular formula is C20H43N. The maximum absolute atomic E-state index is 2.73. The predicted molar refractivity (Wildman–Crippen MR) is 98.0 cm³/mol. The molecule has 0 bridgehead atoms. The second-order valence-corrected chi connectivity index (χ2v) is 6.89. The first-order valence-corrected chi connectivity index (χ1v) is 9.95. The van der Waals surface area contributed by atoms with Crippen LogP contribution in [-0.2, 0) is 0 Å². The van der Waals surface area contributed by atoms with Gasteiger partial charge in [-0.2, -0.15) is 0 Å². The van der Waals surface area contributed by atoms with Gasteiger partial charge in [0.15, 0.2) is 0 Å². The van der Waals surface area contributed by atoms with Crippen molar-refractivity contribution >= 4 is 0 Å². The molecule has 0 amide bonds. The van der Waals surface area contributed by atoms with Gasteiger partial charge in [-0.25, -0.2) is 0 Å². The van der Waals surface area contributed by atoms with E-state index in [4.69, 9.17) is 0 Å². The molecule has 1 heterocycles. The highest BCUT2D eigenvalue weighted by Gasteiger charge is 2.25. The Bertz CT molecular complexity index is 194. The second-order valence-electron chi connectivity index (χ2n) is 6.89. The van der Waals surface area contributed by atoms with Crippen LogP contribution in [0.3, 0.4) is 0 Å². The topological polar surface area (TPSA) is 3.24 Å². The molecular weight excluding hydrogens is 254 g/mol. The Morgan fingerprint density at radius 2 is 1.48 bits per heavy atom. The third-order valence-electron chi connectivity index (χ3n) is 4.86. The van der Waals surface area contributed by atoms with Gasteiger partial charge in [0.25, 0.3) is 0 Å². The molecule has 0 aromatic heterocycles. The fourth-order valence-corrected chi connectivity index (χ4v) is 3.42. The number of hydrogen-bond donors (Lipinski definition) is 0. The van der Waals surface area contributed by atoms with Gasteiger partial charge >= 0.3 is 0 Å².